The van der Waals surface area contributed by atoms with Crippen molar-refractivity contribution in [1.82, 2.24) is 4.57 Å². The Bertz CT molecular complexity index is 1030. The number of rotatable bonds is 5. The minimum atomic E-state index is 0.583. The zero-order valence-corrected chi connectivity index (χ0v) is 15.9. The van der Waals surface area contributed by atoms with Gasteiger partial charge in [0.15, 0.2) is 11.5 Å². The Morgan fingerprint density at radius 1 is 0.889 bits per heavy atom. The Labute approximate surface area is 159 Å². The zero-order valence-electron chi connectivity index (χ0n) is 15.9. The van der Waals surface area contributed by atoms with Crippen LogP contribution >= 0.6 is 0 Å². The van der Waals surface area contributed by atoms with Crippen LogP contribution in [0.3, 0.4) is 0 Å². The maximum absolute atomic E-state index is 5.47. The summed E-state index contributed by atoms with van der Waals surface area (Å²) in [4.78, 5) is 0. The van der Waals surface area contributed by atoms with Crippen molar-refractivity contribution in [2.75, 3.05) is 21.3 Å². The molecule has 0 radical (unpaired) electrons. The fraction of sp³-hybridized carbons (Fsp3) is 0.217. The average molecular weight is 361 g/mol. The number of benzene rings is 2. The number of hydrogen-bond acceptors (Lipinski definition) is 3. The molecule has 0 N–H and O–H groups in total. The molecule has 138 valence electrons. The van der Waals surface area contributed by atoms with Gasteiger partial charge in [-0.2, -0.15) is 0 Å². The maximum atomic E-state index is 5.47. The lowest BCUT2D eigenvalue weighted by Gasteiger charge is -2.15. The summed E-state index contributed by atoms with van der Waals surface area (Å²) in [7, 11) is 4.85. The predicted octanol–water partition coefficient (Wildman–Crippen LogP) is 4.84. The molecule has 27 heavy (non-hydrogen) atoms. The Hall–Kier alpha value is -3.14. The van der Waals surface area contributed by atoms with Gasteiger partial charge in [0.2, 0.25) is 5.75 Å². The first-order chi connectivity index (χ1) is 13.2. The van der Waals surface area contributed by atoms with Crippen LogP contribution < -0.4 is 14.2 Å². The summed E-state index contributed by atoms with van der Waals surface area (Å²) in [6, 6.07) is 12.6. The lowest BCUT2D eigenvalue weighted by atomic mass is 9.97. The summed E-state index contributed by atoms with van der Waals surface area (Å²) in [6.45, 7) is 5.26. The molecule has 0 atom stereocenters. The van der Waals surface area contributed by atoms with Crippen molar-refractivity contribution in [2.45, 2.75) is 13.0 Å². The Balaban J connectivity index is 1.76. The highest BCUT2D eigenvalue weighted by molar-refractivity contribution is 5.89. The van der Waals surface area contributed by atoms with E-state index in [1.165, 1.54) is 16.6 Å². The quantitative estimate of drug-likeness (QED) is 0.610. The van der Waals surface area contributed by atoms with Crippen molar-refractivity contribution >= 4 is 16.5 Å². The van der Waals surface area contributed by atoms with Gasteiger partial charge in [0, 0.05) is 29.6 Å². The Morgan fingerprint density at radius 2 is 1.63 bits per heavy atom. The van der Waals surface area contributed by atoms with E-state index in [0.717, 1.165) is 29.7 Å². The lowest BCUT2D eigenvalue weighted by molar-refractivity contribution is 0.324. The van der Waals surface area contributed by atoms with Gasteiger partial charge in [-0.25, -0.2) is 0 Å². The van der Waals surface area contributed by atoms with Crippen LogP contribution in [-0.4, -0.2) is 25.9 Å². The minimum absolute atomic E-state index is 0.583. The van der Waals surface area contributed by atoms with E-state index >= 15 is 0 Å². The van der Waals surface area contributed by atoms with Gasteiger partial charge in [0.05, 0.1) is 21.3 Å². The highest BCUT2D eigenvalue weighted by Crippen LogP contribution is 2.41. The summed E-state index contributed by atoms with van der Waals surface area (Å²) in [6.07, 6.45) is 5.43. The van der Waals surface area contributed by atoms with E-state index in [4.69, 9.17) is 14.2 Å². The summed E-state index contributed by atoms with van der Waals surface area (Å²) >= 11 is 0. The second kappa shape index (κ2) is 6.88. The van der Waals surface area contributed by atoms with Crippen molar-refractivity contribution in [3.05, 3.63) is 72.0 Å². The molecule has 2 aromatic carbocycles. The van der Waals surface area contributed by atoms with Crippen LogP contribution in [0.2, 0.25) is 0 Å². The van der Waals surface area contributed by atoms with Crippen LogP contribution in [-0.2, 0) is 13.0 Å². The van der Waals surface area contributed by atoms with Gasteiger partial charge in [-0.3, -0.25) is 0 Å². The molecule has 0 spiro atoms. The summed E-state index contributed by atoms with van der Waals surface area (Å²) in [5.41, 5.74) is 5.54. The first-order valence-corrected chi connectivity index (χ1v) is 8.93. The molecule has 4 rings (SSSR count). The number of nitrogens with zero attached hydrogens (tertiary/aromatic N) is 1. The Kier molecular flexibility index (Phi) is 4.40. The number of ether oxygens (including phenoxy) is 3. The molecular weight excluding hydrogens is 338 g/mol. The van der Waals surface area contributed by atoms with Crippen LogP contribution in [0.25, 0.3) is 16.5 Å². The maximum Gasteiger partial charge on any atom is 0.203 e. The molecule has 0 unspecified atom stereocenters. The number of methoxy groups -OCH3 is 3. The molecule has 4 heteroatoms. The van der Waals surface area contributed by atoms with Crippen molar-refractivity contribution in [1.29, 1.82) is 0 Å². The predicted molar refractivity (Wildman–Crippen MR) is 109 cm³/mol. The summed E-state index contributed by atoms with van der Waals surface area (Å²) < 4.78 is 18.7. The van der Waals surface area contributed by atoms with Crippen LogP contribution in [0.1, 0.15) is 16.8 Å². The van der Waals surface area contributed by atoms with Crippen molar-refractivity contribution in [3.63, 3.8) is 0 Å². The first-order valence-electron chi connectivity index (χ1n) is 8.93. The van der Waals surface area contributed by atoms with Crippen LogP contribution in [0, 0.1) is 0 Å². The monoisotopic (exact) mass is 361 g/mol. The molecular formula is C23H23NO3. The zero-order chi connectivity index (χ0) is 19.0. The Morgan fingerprint density at radius 3 is 2.30 bits per heavy atom. The number of aromatic nitrogens is 1. The topological polar surface area (TPSA) is 32.6 Å². The lowest BCUT2D eigenvalue weighted by Crippen LogP contribution is -2.04. The van der Waals surface area contributed by atoms with Crippen molar-refractivity contribution < 1.29 is 14.2 Å². The fourth-order valence-electron chi connectivity index (χ4n) is 3.71. The third-order valence-corrected chi connectivity index (χ3v) is 5.13. The highest BCUT2D eigenvalue weighted by atomic mass is 16.5. The van der Waals surface area contributed by atoms with E-state index in [1.54, 1.807) is 21.3 Å². The van der Waals surface area contributed by atoms with Gasteiger partial charge in [-0.1, -0.05) is 24.8 Å². The van der Waals surface area contributed by atoms with E-state index in [-0.39, 0.29) is 0 Å². The number of fused-ring (bicyclic) bond motifs is 3. The molecule has 0 aliphatic carbocycles. The smallest absolute Gasteiger partial charge is 0.203 e. The van der Waals surface area contributed by atoms with Crippen LogP contribution in [0.15, 0.2) is 55.1 Å². The fourth-order valence-corrected chi connectivity index (χ4v) is 3.71. The molecule has 2 heterocycles. The minimum Gasteiger partial charge on any atom is -0.493 e. The van der Waals surface area contributed by atoms with E-state index in [9.17, 15) is 0 Å². The molecule has 1 aliphatic rings. The molecule has 0 amide bonds. The van der Waals surface area contributed by atoms with E-state index in [1.807, 2.05) is 12.1 Å². The average Bonchev–Trinajstić information content (AvgIpc) is 3.09. The normalized spacial score (nSPS) is 12.7. The summed E-state index contributed by atoms with van der Waals surface area (Å²) in [5.74, 6) is 1.83. The van der Waals surface area contributed by atoms with E-state index < -0.39 is 0 Å². The number of hydrogen-bond donors (Lipinski definition) is 0. The van der Waals surface area contributed by atoms with Gasteiger partial charge in [0.1, 0.15) is 0 Å². The highest BCUT2D eigenvalue weighted by Gasteiger charge is 2.16. The molecule has 4 nitrogen and oxygen atoms in total. The molecule has 1 aliphatic heterocycles. The molecule has 0 saturated heterocycles. The van der Waals surface area contributed by atoms with Crippen LogP contribution in [0.5, 0.6) is 17.2 Å². The second-order valence-electron chi connectivity index (χ2n) is 6.59. The van der Waals surface area contributed by atoms with Crippen LogP contribution in [0.4, 0.5) is 0 Å². The van der Waals surface area contributed by atoms with Gasteiger partial charge in [0.25, 0.3) is 0 Å². The van der Waals surface area contributed by atoms with E-state index in [2.05, 4.69) is 47.6 Å². The van der Waals surface area contributed by atoms with Gasteiger partial charge >= 0.3 is 0 Å². The van der Waals surface area contributed by atoms with Gasteiger partial charge < -0.3 is 18.8 Å². The molecule has 0 saturated carbocycles. The SMILES string of the molecule is C=C(c1cc(OC)c(OC)c(OC)c1)c1ccc2c(c1)cc1n2CC=CC1. The molecule has 0 bridgehead atoms. The van der Waals surface area contributed by atoms with E-state index in [0.29, 0.717) is 17.2 Å². The van der Waals surface area contributed by atoms with Crippen molar-refractivity contribution in [3.8, 4) is 17.2 Å². The molecule has 3 aromatic rings. The third-order valence-electron chi connectivity index (χ3n) is 5.13. The number of allylic oxidation sites excluding steroid dienone is 2. The standard InChI is InChI=1S/C23H23NO3/c1-15(17-13-21(25-2)23(27-4)22(14-17)26-3)16-8-9-20-18(11-16)12-19-7-5-6-10-24(19)20/h5-6,8-9,11-14H,1,7,10H2,2-4H3. The van der Waals surface area contributed by atoms with Gasteiger partial charge in [-0.05, 0) is 47.0 Å². The summed E-state index contributed by atoms with van der Waals surface area (Å²) in [5, 5.41) is 1.24. The molecule has 0 fully saturated rings. The largest absolute Gasteiger partial charge is 0.493 e. The second-order valence-corrected chi connectivity index (χ2v) is 6.59. The van der Waals surface area contributed by atoms with Gasteiger partial charge in [-0.15, -0.1) is 0 Å². The third kappa shape index (κ3) is 2.87. The molecule has 1 aromatic heterocycles. The first kappa shape index (κ1) is 17.3. The van der Waals surface area contributed by atoms with Crippen molar-refractivity contribution in [2.24, 2.45) is 0 Å².